The predicted octanol–water partition coefficient (Wildman–Crippen LogP) is 4.56. The number of aliphatic carboxylic acids is 2. The Bertz CT molecular complexity index is 2820. The molecule has 1 unspecified atom stereocenters. The Morgan fingerprint density at radius 3 is 1.56 bits per heavy atom. The molecule has 408 valence electrons. The summed E-state index contributed by atoms with van der Waals surface area (Å²) in [6, 6.07) is 11.0. The van der Waals surface area contributed by atoms with Crippen molar-refractivity contribution in [2.24, 2.45) is 0 Å². The van der Waals surface area contributed by atoms with Gasteiger partial charge in [-0.15, -0.1) is 0 Å². The first-order valence-corrected chi connectivity index (χ1v) is 25.8. The largest absolute Gasteiger partial charge is 0.480 e. The molecule has 0 bridgehead atoms. The summed E-state index contributed by atoms with van der Waals surface area (Å²) in [4.78, 5) is 111. The van der Waals surface area contributed by atoms with Gasteiger partial charge in [0, 0.05) is 49.8 Å². The molecule has 0 aliphatic heterocycles. The fourth-order valence-corrected chi connectivity index (χ4v) is 8.50. The first kappa shape index (κ1) is 57.6. The Kier molecular flexibility index (Phi) is 21.1. The molecule has 0 aliphatic carbocycles. The van der Waals surface area contributed by atoms with Crippen LogP contribution >= 0.6 is 0 Å². The van der Waals surface area contributed by atoms with Gasteiger partial charge in [0.15, 0.2) is 34.0 Å². The summed E-state index contributed by atoms with van der Waals surface area (Å²) < 4.78 is 0. The number of carbonyl (C=O) groups is 6. The lowest BCUT2D eigenvalue weighted by Crippen LogP contribution is -2.41. The number of benzene rings is 2. The van der Waals surface area contributed by atoms with Gasteiger partial charge in [0.25, 0.3) is 11.8 Å². The second-order valence-corrected chi connectivity index (χ2v) is 19.0. The van der Waals surface area contributed by atoms with Gasteiger partial charge in [-0.1, -0.05) is 64.0 Å². The molecule has 0 saturated carbocycles. The molecule has 4 aromatic heterocycles. The van der Waals surface area contributed by atoms with Crippen LogP contribution in [-0.4, -0.2) is 118 Å². The normalized spacial score (nSPS) is 12.4. The quantitative estimate of drug-likeness (QED) is 0.0279. The first-order valence-electron chi connectivity index (χ1n) is 25.8. The number of nitrogens with one attached hydrogen (secondary N) is 4. The molecular weight excluding hydrogens is 989 g/mol. The second-order valence-electron chi connectivity index (χ2n) is 19.0. The van der Waals surface area contributed by atoms with Gasteiger partial charge in [-0.25, -0.2) is 39.5 Å². The molecule has 0 saturated heterocycles. The van der Waals surface area contributed by atoms with Crippen molar-refractivity contribution in [3.63, 3.8) is 0 Å². The smallest absolute Gasteiger partial charge is 0.326 e. The molecule has 6 rings (SSSR count). The van der Waals surface area contributed by atoms with Crippen molar-refractivity contribution in [3.05, 3.63) is 94.8 Å². The topological polar surface area (TPSA) is 375 Å². The molecular formula is C53H68N16O8. The molecule has 24 nitrogen and oxygen atoms in total. The molecule has 4 heterocycles. The van der Waals surface area contributed by atoms with E-state index < -0.39 is 35.8 Å². The maximum absolute atomic E-state index is 13.0. The number of nitrogens with zero attached hydrogens (tertiary/aromatic N) is 9. The van der Waals surface area contributed by atoms with E-state index >= 15 is 0 Å². The Morgan fingerprint density at radius 2 is 1.04 bits per heavy atom. The van der Waals surface area contributed by atoms with E-state index in [0.29, 0.717) is 65.5 Å². The number of anilines is 4. The first-order chi connectivity index (χ1) is 36.9. The lowest BCUT2D eigenvalue weighted by atomic mass is 9.95. The standard InChI is InChI=1S/C53H68N16O8/c1-31(27-36-28-59-47-43(63-36)45(54)61-32(2)62-47)33-13-15-34(16-14-33)49(72)65-39(51(74)75)21-23-41(70)57-25-11-9-7-5-4-6-8-10-12-26-58-42(71)24-22-40(52(76)77)66-50(73)35-17-19-38(20-18-35)69(3)30-37-29-60-48-44(64-37)46(55)67-53(56)68-48/h13-20,28-29,31,39-40H,4-12,21-27,30H2,1-3H3,(H,57,70)(H,58,71)(H,65,72)(H,66,73)(H,74,75)(H,76,77)(H2,54,59,61,62)(H4,55,56,60,67,68)/t31?,39-,40+/m1/s1. The van der Waals surface area contributed by atoms with Gasteiger partial charge >= 0.3 is 11.9 Å². The van der Waals surface area contributed by atoms with Crippen LogP contribution in [0, 0.1) is 6.92 Å². The second kappa shape index (κ2) is 28.3. The minimum Gasteiger partial charge on any atom is -0.480 e. The summed E-state index contributed by atoms with van der Waals surface area (Å²) in [6.45, 7) is 5.06. The molecule has 3 atom stereocenters. The number of carboxylic acids is 2. The zero-order valence-electron chi connectivity index (χ0n) is 43.6. The summed E-state index contributed by atoms with van der Waals surface area (Å²) in [6.07, 6.45) is 12.2. The number of carboxylic acid groups (broad SMARTS) is 2. The van der Waals surface area contributed by atoms with Gasteiger partial charge in [0.2, 0.25) is 17.8 Å². The number of nitrogens with two attached hydrogens (primary N) is 3. The van der Waals surface area contributed by atoms with Crippen molar-refractivity contribution in [2.75, 3.05) is 42.2 Å². The number of unbranched alkanes of at least 4 members (excludes halogenated alkanes) is 8. The predicted molar refractivity (Wildman–Crippen MR) is 289 cm³/mol. The minimum atomic E-state index is -1.25. The fourth-order valence-electron chi connectivity index (χ4n) is 8.50. The van der Waals surface area contributed by atoms with Crippen LogP contribution < -0.4 is 43.4 Å². The number of hydrogen-bond acceptors (Lipinski definition) is 18. The van der Waals surface area contributed by atoms with Crippen molar-refractivity contribution in [1.29, 1.82) is 0 Å². The van der Waals surface area contributed by atoms with Gasteiger partial charge in [0.1, 0.15) is 17.9 Å². The zero-order valence-corrected chi connectivity index (χ0v) is 43.6. The van der Waals surface area contributed by atoms with Gasteiger partial charge in [0.05, 0.1) is 30.3 Å². The van der Waals surface area contributed by atoms with Crippen LogP contribution in [0.5, 0.6) is 0 Å². The van der Waals surface area contributed by atoms with Crippen LogP contribution in [0.2, 0.25) is 0 Å². The van der Waals surface area contributed by atoms with Crippen molar-refractivity contribution in [2.45, 2.75) is 128 Å². The van der Waals surface area contributed by atoms with Crippen LogP contribution in [0.4, 0.5) is 23.3 Å². The number of aromatic nitrogens is 8. The molecule has 24 heteroatoms. The van der Waals surface area contributed by atoms with Gasteiger partial charge < -0.3 is 53.6 Å². The molecule has 12 N–H and O–H groups in total. The lowest BCUT2D eigenvalue weighted by Gasteiger charge is -2.19. The summed E-state index contributed by atoms with van der Waals surface area (Å²) in [5.74, 6) is -3.22. The van der Waals surface area contributed by atoms with Crippen molar-refractivity contribution < 1.29 is 39.0 Å². The molecule has 0 spiro atoms. The highest BCUT2D eigenvalue weighted by Gasteiger charge is 2.24. The van der Waals surface area contributed by atoms with Crippen LogP contribution in [0.15, 0.2) is 60.9 Å². The Morgan fingerprint density at radius 1 is 0.584 bits per heavy atom. The molecule has 0 aliphatic rings. The average Bonchev–Trinajstić information content (AvgIpc) is 3.40. The summed E-state index contributed by atoms with van der Waals surface area (Å²) >= 11 is 0. The van der Waals surface area contributed by atoms with Crippen LogP contribution in [0.25, 0.3) is 22.3 Å². The highest BCUT2D eigenvalue weighted by molar-refractivity contribution is 5.97. The fraction of sp³-hybridized carbons (Fsp3) is 0.434. The molecule has 2 aromatic carbocycles. The highest BCUT2D eigenvalue weighted by atomic mass is 16.4. The molecule has 77 heavy (non-hydrogen) atoms. The maximum atomic E-state index is 13.0. The third-order valence-corrected chi connectivity index (χ3v) is 12.8. The highest BCUT2D eigenvalue weighted by Crippen LogP contribution is 2.23. The SMILES string of the molecule is Cc1nc(N)c2nc(CC(C)c3ccc(C(=O)N[C@H](CCC(=O)NCCCCCCCCCCCNC(=O)CC[C@H](NC(=O)c4ccc(N(C)Cc5cnc6nc(N)nc(N)c6n5)cc4)C(=O)O)C(=O)O)cc3)cnc2n1. The van der Waals surface area contributed by atoms with E-state index in [9.17, 15) is 39.0 Å². The van der Waals surface area contributed by atoms with E-state index in [1.807, 2.05) is 31.0 Å². The van der Waals surface area contributed by atoms with Crippen LogP contribution in [-0.2, 0) is 32.1 Å². The van der Waals surface area contributed by atoms with Crippen molar-refractivity contribution in [1.82, 2.24) is 61.1 Å². The monoisotopic (exact) mass is 1060 g/mol. The minimum absolute atomic E-state index is 0.00543. The van der Waals surface area contributed by atoms with Crippen LogP contribution in [0.1, 0.15) is 140 Å². The number of hydrogen-bond donors (Lipinski definition) is 9. The van der Waals surface area contributed by atoms with E-state index in [0.717, 1.165) is 69.0 Å². The number of rotatable bonds is 30. The Labute approximate surface area is 445 Å². The summed E-state index contributed by atoms with van der Waals surface area (Å²) in [5.41, 5.74) is 22.7. The number of aryl methyl sites for hydroxylation is 1. The van der Waals surface area contributed by atoms with E-state index in [-0.39, 0.29) is 72.2 Å². The summed E-state index contributed by atoms with van der Waals surface area (Å²) in [7, 11) is 1.83. The van der Waals surface area contributed by atoms with E-state index in [1.165, 1.54) is 0 Å². The van der Waals surface area contributed by atoms with Gasteiger partial charge in [-0.2, -0.15) is 9.97 Å². The maximum Gasteiger partial charge on any atom is 0.326 e. The number of nitrogen functional groups attached to an aromatic ring is 3. The molecule has 0 fully saturated rings. The third kappa shape index (κ3) is 17.7. The number of carbonyl (C=O) groups excluding carboxylic acids is 4. The Hall–Kier alpha value is -8.70. The third-order valence-electron chi connectivity index (χ3n) is 12.8. The molecule has 4 amide bonds. The van der Waals surface area contributed by atoms with Gasteiger partial charge in [-0.3, -0.25) is 19.2 Å². The zero-order chi connectivity index (χ0) is 55.4. The van der Waals surface area contributed by atoms with Crippen molar-refractivity contribution >= 4 is 81.2 Å². The van der Waals surface area contributed by atoms with Crippen molar-refractivity contribution in [3.8, 4) is 0 Å². The van der Waals surface area contributed by atoms with E-state index in [2.05, 4.69) is 61.1 Å². The molecule has 0 radical (unpaired) electrons. The average molecular weight is 1060 g/mol. The van der Waals surface area contributed by atoms with E-state index in [4.69, 9.17) is 17.2 Å². The lowest BCUT2D eigenvalue weighted by molar-refractivity contribution is -0.140. The van der Waals surface area contributed by atoms with Crippen LogP contribution in [0.3, 0.4) is 0 Å². The van der Waals surface area contributed by atoms with E-state index in [1.54, 1.807) is 55.7 Å². The Balaban J connectivity index is 0.760. The van der Waals surface area contributed by atoms with Gasteiger partial charge in [-0.05, 0) is 86.9 Å². The molecule has 6 aromatic rings. The summed E-state index contributed by atoms with van der Waals surface area (Å²) in [5, 5.41) is 30.3. The number of amides is 4. The number of fused-ring (bicyclic) bond motifs is 2.